The topological polar surface area (TPSA) is 51.2 Å². The first-order valence-corrected chi connectivity index (χ1v) is 7.96. The summed E-state index contributed by atoms with van der Waals surface area (Å²) < 4.78 is 43.6. The number of benzene rings is 2. The van der Waals surface area contributed by atoms with E-state index in [1.807, 2.05) is 0 Å². The number of carbonyl (C=O) groups excluding carboxylic acids is 1. The van der Waals surface area contributed by atoms with Gasteiger partial charge < -0.3 is 10.1 Å². The van der Waals surface area contributed by atoms with Gasteiger partial charge in [-0.25, -0.2) is 0 Å². The molecule has 1 amide bonds. The molecule has 3 aromatic rings. The molecule has 27 heavy (non-hydrogen) atoms. The van der Waals surface area contributed by atoms with E-state index in [0.29, 0.717) is 22.6 Å². The Morgan fingerprint density at radius 2 is 1.78 bits per heavy atom. The highest BCUT2D eigenvalue weighted by Crippen LogP contribution is 2.31. The number of nitrogens with one attached hydrogen (secondary N) is 1. The smallest absolute Gasteiger partial charge is 0.416 e. The Hall–Kier alpha value is -3.35. The molecular formula is C20H15F3N2O2. The van der Waals surface area contributed by atoms with Crippen molar-refractivity contribution in [1.29, 1.82) is 0 Å². The van der Waals surface area contributed by atoms with Crippen LogP contribution in [0.15, 0.2) is 66.9 Å². The highest BCUT2D eigenvalue weighted by atomic mass is 19.4. The fourth-order valence-corrected chi connectivity index (χ4v) is 2.46. The summed E-state index contributed by atoms with van der Waals surface area (Å²) in [5, 5.41) is 2.74. The van der Waals surface area contributed by atoms with E-state index < -0.39 is 11.7 Å². The zero-order valence-electron chi connectivity index (χ0n) is 14.2. The van der Waals surface area contributed by atoms with Gasteiger partial charge in [0.25, 0.3) is 5.91 Å². The number of hydrogen-bond acceptors (Lipinski definition) is 3. The molecule has 0 aliphatic heterocycles. The quantitative estimate of drug-likeness (QED) is 0.699. The van der Waals surface area contributed by atoms with Gasteiger partial charge in [-0.3, -0.25) is 9.78 Å². The Bertz CT molecular complexity index is 954. The molecule has 0 saturated carbocycles. The number of halogens is 3. The fraction of sp³-hybridized carbons (Fsp3) is 0.100. The maximum absolute atomic E-state index is 12.8. The van der Waals surface area contributed by atoms with Crippen molar-refractivity contribution in [3.8, 4) is 17.0 Å². The van der Waals surface area contributed by atoms with Crippen LogP contribution in [0.5, 0.6) is 5.75 Å². The van der Waals surface area contributed by atoms with Gasteiger partial charge in [-0.1, -0.05) is 18.2 Å². The van der Waals surface area contributed by atoms with E-state index in [4.69, 9.17) is 4.74 Å². The van der Waals surface area contributed by atoms with Crippen molar-refractivity contribution in [3.63, 3.8) is 0 Å². The summed E-state index contributed by atoms with van der Waals surface area (Å²) in [6, 6.07) is 15.0. The molecule has 0 saturated heterocycles. The second kappa shape index (κ2) is 7.49. The van der Waals surface area contributed by atoms with Crippen LogP contribution in [-0.2, 0) is 6.18 Å². The van der Waals surface area contributed by atoms with Crippen LogP contribution in [0.2, 0.25) is 0 Å². The molecule has 1 aromatic heterocycles. The zero-order chi connectivity index (χ0) is 19.4. The van der Waals surface area contributed by atoms with Crippen LogP contribution in [-0.4, -0.2) is 18.0 Å². The van der Waals surface area contributed by atoms with Gasteiger partial charge in [0, 0.05) is 29.1 Å². The summed E-state index contributed by atoms with van der Waals surface area (Å²) in [6.45, 7) is 0. The second-order valence-electron chi connectivity index (χ2n) is 5.69. The van der Waals surface area contributed by atoms with Gasteiger partial charge in [-0.15, -0.1) is 0 Å². The minimum atomic E-state index is -4.44. The van der Waals surface area contributed by atoms with Crippen LogP contribution in [0.3, 0.4) is 0 Å². The minimum Gasteiger partial charge on any atom is -0.497 e. The fourth-order valence-electron chi connectivity index (χ4n) is 2.46. The zero-order valence-corrected chi connectivity index (χ0v) is 14.2. The Labute approximate surface area is 153 Å². The van der Waals surface area contributed by atoms with Crippen LogP contribution in [0, 0.1) is 0 Å². The first-order valence-electron chi connectivity index (χ1n) is 7.96. The van der Waals surface area contributed by atoms with Crippen molar-refractivity contribution in [2.45, 2.75) is 6.18 Å². The minimum absolute atomic E-state index is 0.185. The number of rotatable bonds is 4. The van der Waals surface area contributed by atoms with E-state index in [1.54, 1.807) is 36.4 Å². The molecule has 0 aliphatic rings. The largest absolute Gasteiger partial charge is 0.497 e. The Balaban J connectivity index is 1.78. The first-order chi connectivity index (χ1) is 12.9. The average Bonchev–Trinajstić information content (AvgIpc) is 2.67. The lowest BCUT2D eigenvalue weighted by Gasteiger charge is -2.09. The lowest BCUT2D eigenvalue weighted by Crippen LogP contribution is -2.11. The molecule has 4 nitrogen and oxygen atoms in total. The van der Waals surface area contributed by atoms with Crippen molar-refractivity contribution in [2.24, 2.45) is 0 Å². The highest BCUT2D eigenvalue weighted by molar-refractivity contribution is 6.04. The lowest BCUT2D eigenvalue weighted by atomic mass is 10.1. The van der Waals surface area contributed by atoms with Crippen molar-refractivity contribution in [1.82, 2.24) is 4.98 Å². The third kappa shape index (κ3) is 4.44. The number of nitrogens with zero attached hydrogens (tertiary/aromatic N) is 1. The third-order valence-corrected chi connectivity index (χ3v) is 3.86. The van der Waals surface area contributed by atoms with Crippen LogP contribution in [0.4, 0.5) is 18.9 Å². The van der Waals surface area contributed by atoms with Gasteiger partial charge in [0.05, 0.1) is 18.4 Å². The van der Waals surface area contributed by atoms with Crippen LogP contribution in [0.1, 0.15) is 15.9 Å². The molecule has 0 spiro atoms. The van der Waals surface area contributed by atoms with E-state index in [2.05, 4.69) is 10.3 Å². The molecule has 0 aliphatic carbocycles. The second-order valence-corrected chi connectivity index (χ2v) is 5.69. The molecule has 0 bridgehead atoms. The number of alkyl halides is 3. The first kappa shape index (κ1) is 18.4. The standard InChI is InChI=1S/C20H15F3N2O2/c1-27-17-4-2-3-16(12-17)25-19(26)14-7-5-13(6-8-14)18-11-15(9-10-24-18)20(21,22)23/h2-12H,1H3,(H,25,26). The maximum atomic E-state index is 12.8. The number of carbonyl (C=O) groups is 1. The maximum Gasteiger partial charge on any atom is 0.416 e. The number of pyridine rings is 1. The number of methoxy groups -OCH3 is 1. The molecule has 0 fully saturated rings. The van der Waals surface area contributed by atoms with Gasteiger partial charge in [-0.05, 0) is 36.4 Å². The lowest BCUT2D eigenvalue weighted by molar-refractivity contribution is -0.137. The van der Waals surface area contributed by atoms with Crippen molar-refractivity contribution < 1.29 is 22.7 Å². The molecule has 138 valence electrons. The molecule has 1 N–H and O–H groups in total. The highest BCUT2D eigenvalue weighted by Gasteiger charge is 2.30. The summed E-state index contributed by atoms with van der Waals surface area (Å²) in [4.78, 5) is 16.3. The van der Waals surface area contributed by atoms with E-state index in [9.17, 15) is 18.0 Å². The summed E-state index contributed by atoms with van der Waals surface area (Å²) in [6.07, 6.45) is -3.32. The summed E-state index contributed by atoms with van der Waals surface area (Å²) >= 11 is 0. The van der Waals surface area contributed by atoms with Gasteiger partial charge in [0.2, 0.25) is 0 Å². The molecule has 0 atom stereocenters. The van der Waals surface area contributed by atoms with Crippen LogP contribution >= 0.6 is 0 Å². The number of hydrogen-bond donors (Lipinski definition) is 1. The molecule has 0 radical (unpaired) electrons. The SMILES string of the molecule is COc1cccc(NC(=O)c2ccc(-c3cc(C(F)(F)F)ccn3)cc2)c1. The number of amides is 1. The van der Waals surface area contributed by atoms with Crippen molar-refractivity contribution in [3.05, 3.63) is 78.0 Å². The molecular weight excluding hydrogens is 357 g/mol. The molecule has 7 heteroatoms. The van der Waals surface area contributed by atoms with Gasteiger partial charge in [-0.2, -0.15) is 13.2 Å². The van der Waals surface area contributed by atoms with E-state index in [1.165, 1.54) is 19.2 Å². The van der Waals surface area contributed by atoms with E-state index in [-0.39, 0.29) is 11.6 Å². The van der Waals surface area contributed by atoms with Gasteiger partial charge in [0.15, 0.2) is 0 Å². The van der Waals surface area contributed by atoms with E-state index in [0.717, 1.165) is 18.3 Å². The van der Waals surface area contributed by atoms with Gasteiger partial charge in [0.1, 0.15) is 5.75 Å². The monoisotopic (exact) mass is 372 g/mol. The normalized spacial score (nSPS) is 11.1. The van der Waals surface area contributed by atoms with Crippen molar-refractivity contribution in [2.75, 3.05) is 12.4 Å². The predicted octanol–water partition coefficient (Wildman–Crippen LogP) is 5.03. The summed E-state index contributed by atoms with van der Waals surface area (Å²) in [7, 11) is 1.53. The Kier molecular flexibility index (Phi) is 5.12. The van der Waals surface area contributed by atoms with Crippen LogP contribution < -0.4 is 10.1 Å². The van der Waals surface area contributed by atoms with Gasteiger partial charge >= 0.3 is 6.18 Å². The number of anilines is 1. The molecule has 3 rings (SSSR count). The van der Waals surface area contributed by atoms with Crippen molar-refractivity contribution >= 4 is 11.6 Å². The number of ether oxygens (including phenoxy) is 1. The molecule has 1 heterocycles. The van der Waals surface area contributed by atoms with E-state index >= 15 is 0 Å². The molecule has 0 unspecified atom stereocenters. The Morgan fingerprint density at radius 3 is 2.44 bits per heavy atom. The Morgan fingerprint density at radius 1 is 1.04 bits per heavy atom. The van der Waals surface area contributed by atoms with Crippen LogP contribution in [0.25, 0.3) is 11.3 Å². The third-order valence-electron chi connectivity index (χ3n) is 3.86. The molecule has 2 aromatic carbocycles. The number of aromatic nitrogens is 1. The predicted molar refractivity (Wildman–Crippen MR) is 95.6 cm³/mol. The summed E-state index contributed by atoms with van der Waals surface area (Å²) in [5.41, 5.74) is 0.840. The average molecular weight is 372 g/mol. The summed E-state index contributed by atoms with van der Waals surface area (Å²) in [5.74, 6) is 0.269.